The fourth-order valence-corrected chi connectivity index (χ4v) is 3.49. The summed E-state index contributed by atoms with van der Waals surface area (Å²) in [5, 5.41) is 3.51. The number of nitrogens with one attached hydrogen (secondary N) is 1. The highest BCUT2D eigenvalue weighted by molar-refractivity contribution is 7.17. The molecular formula is C21H20N2O3S. The van der Waals surface area contributed by atoms with Crippen LogP contribution in [0.2, 0.25) is 0 Å². The lowest BCUT2D eigenvalue weighted by atomic mass is 10.1. The molecule has 1 amide bonds. The van der Waals surface area contributed by atoms with Crippen molar-refractivity contribution in [2.75, 3.05) is 13.2 Å². The molecule has 27 heavy (non-hydrogen) atoms. The van der Waals surface area contributed by atoms with Crippen LogP contribution in [0.3, 0.4) is 0 Å². The molecule has 0 aliphatic rings. The molecule has 0 spiro atoms. The standard InChI is InChI=1S/C21H20N2O3S/c1-15-19(27-20(23-15)17-10-6-3-7-11-17)21(25)26-14-18(24)22-13-12-16-8-4-2-5-9-16/h2-11H,12-14H2,1H3,(H,22,24). The lowest BCUT2D eigenvalue weighted by Crippen LogP contribution is -2.30. The number of aromatic nitrogens is 1. The van der Waals surface area contributed by atoms with E-state index in [1.54, 1.807) is 6.92 Å². The van der Waals surface area contributed by atoms with Crippen molar-refractivity contribution in [3.8, 4) is 10.6 Å². The Hall–Kier alpha value is -2.99. The minimum atomic E-state index is -0.523. The highest BCUT2D eigenvalue weighted by Gasteiger charge is 2.18. The molecule has 1 heterocycles. The molecule has 0 unspecified atom stereocenters. The van der Waals surface area contributed by atoms with Crippen molar-refractivity contribution in [3.05, 3.63) is 76.8 Å². The van der Waals surface area contributed by atoms with Crippen molar-refractivity contribution in [2.24, 2.45) is 0 Å². The Morgan fingerprint density at radius 2 is 1.70 bits per heavy atom. The molecule has 138 valence electrons. The zero-order valence-corrected chi connectivity index (χ0v) is 15.8. The van der Waals surface area contributed by atoms with Gasteiger partial charge in [0.2, 0.25) is 0 Å². The molecule has 0 bridgehead atoms. The highest BCUT2D eigenvalue weighted by atomic mass is 32.1. The van der Waals surface area contributed by atoms with E-state index in [1.807, 2.05) is 60.7 Å². The molecule has 1 aromatic heterocycles. The maximum absolute atomic E-state index is 12.3. The third kappa shape index (κ3) is 5.24. The molecular weight excluding hydrogens is 360 g/mol. The molecule has 0 atom stereocenters. The summed E-state index contributed by atoms with van der Waals surface area (Å²) in [6.07, 6.45) is 0.731. The molecule has 0 aliphatic heterocycles. The minimum absolute atomic E-state index is 0.300. The van der Waals surface area contributed by atoms with Gasteiger partial charge in [-0.2, -0.15) is 0 Å². The molecule has 0 radical (unpaired) electrons. The van der Waals surface area contributed by atoms with Crippen LogP contribution in [0.4, 0.5) is 0 Å². The first-order valence-electron chi connectivity index (χ1n) is 8.64. The summed E-state index contributed by atoms with van der Waals surface area (Å²) in [5.74, 6) is -0.838. The summed E-state index contributed by atoms with van der Waals surface area (Å²) < 4.78 is 5.14. The molecule has 3 rings (SSSR count). The van der Waals surface area contributed by atoms with E-state index in [0.717, 1.165) is 22.6 Å². The Bertz CT molecular complexity index is 908. The molecule has 1 N–H and O–H groups in total. The average molecular weight is 380 g/mol. The van der Waals surface area contributed by atoms with Gasteiger partial charge in [-0.05, 0) is 18.9 Å². The summed E-state index contributed by atoms with van der Waals surface area (Å²) >= 11 is 1.27. The Morgan fingerprint density at radius 1 is 1.04 bits per heavy atom. The van der Waals surface area contributed by atoms with Crippen LogP contribution in [0.25, 0.3) is 10.6 Å². The van der Waals surface area contributed by atoms with Crippen LogP contribution >= 0.6 is 11.3 Å². The van der Waals surface area contributed by atoms with Crippen molar-refractivity contribution in [1.29, 1.82) is 0 Å². The van der Waals surface area contributed by atoms with Gasteiger partial charge in [0.1, 0.15) is 9.88 Å². The summed E-state index contributed by atoms with van der Waals surface area (Å²) in [7, 11) is 0. The number of esters is 1. The number of hydrogen-bond acceptors (Lipinski definition) is 5. The van der Waals surface area contributed by atoms with Gasteiger partial charge in [0.05, 0.1) is 5.69 Å². The fourth-order valence-electron chi connectivity index (χ4n) is 2.53. The molecule has 0 saturated carbocycles. The number of ether oxygens (including phenoxy) is 1. The minimum Gasteiger partial charge on any atom is -0.451 e. The van der Waals surface area contributed by atoms with Crippen LogP contribution in [0.15, 0.2) is 60.7 Å². The number of aryl methyl sites for hydroxylation is 1. The van der Waals surface area contributed by atoms with Gasteiger partial charge in [-0.1, -0.05) is 60.7 Å². The number of nitrogens with zero attached hydrogens (tertiary/aromatic N) is 1. The van der Waals surface area contributed by atoms with Gasteiger partial charge in [0, 0.05) is 12.1 Å². The molecule has 0 saturated heterocycles. The Labute approximate surface area is 162 Å². The van der Waals surface area contributed by atoms with Crippen LogP contribution in [0, 0.1) is 6.92 Å². The summed E-state index contributed by atoms with van der Waals surface area (Å²) in [5.41, 5.74) is 2.69. The Balaban J connectivity index is 1.49. The SMILES string of the molecule is Cc1nc(-c2ccccc2)sc1C(=O)OCC(=O)NCCc1ccccc1. The normalized spacial score (nSPS) is 10.4. The van der Waals surface area contributed by atoms with E-state index < -0.39 is 5.97 Å². The number of carbonyl (C=O) groups is 2. The lowest BCUT2D eigenvalue weighted by molar-refractivity contribution is -0.124. The number of carbonyl (C=O) groups excluding carboxylic acids is 2. The van der Waals surface area contributed by atoms with Gasteiger partial charge >= 0.3 is 5.97 Å². The van der Waals surface area contributed by atoms with Crippen molar-refractivity contribution < 1.29 is 14.3 Å². The fraction of sp³-hybridized carbons (Fsp3) is 0.190. The first-order chi connectivity index (χ1) is 13.1. The molecule has 0 fully saturated rings. The summed E-state index contributed by atoms with van der Waals surface area (Å²) in [4.78, 5) is 29.0. The molecule has 6 heteroatoms. The summed E-state index contributed by atoms with van der Waals surface area (Å²) in [6.45, 7) is 1.96. The van der Waals surface area contributed by atoms with E-state index in [2.05, 4.69) is 10.3 Å². The first-order valence-corrected chi connectivity index (χ1v) is 9.46. The number of benzene rings is 2. The van der Waals surface area contributed by atoms with Crippen LogP contribution in [0.1, 0.15) is 20.9 Å². The van der Waals surface area contributed by atoms with Crippen LogP contribution < -0.4 is 5.32 Å². The number of hydrogen-bond donors (Lipinski definition) is 1. The quantitative estimate of drug-likeness (QED) is 0.636. The van der Waals surface area contributed by atoms with Gasteiger partial charge in [-0.3, -0.25) is 4.79 Å². The van der Waals surface area contributed by atoms with Crippen molar-refractivity contribution in [3.63, 3.8) is 0 Å². The first kappa shape index (κ1) is 18.8. The largest absolute Gasteiger partial charge is 0.451 e. The van der Waals surface area contributed by atoms with E-state index in [-0.39, 0.29) is 12.5 Å². The van der Waals surface area contributed by atoms with E-state index in [9.17, 15) is 9.59 Å². The van der Waals surface area contributed by atoms with E-state index in [1.165, 1.54) is 11.3 Å². The van der Waals surface area contributed by atoms with Crippen molar-refractivity contribution >= 4 is 23.2 Å². The van der Waals surface area contributed by atoms with Crippen molar-refractivity contribution in [1.82, 2.24) is 10.3 Å². The van der Waals surface area contributed by atoms with Gasteiger partial charge in [-0.25, -0.2) is 9.78 Å². The number of thiazole rings is 1. The van der Waals surface area contributed by atoms with Crippen LogP contribution in [0.5, 0.6) is 0 Å². The average Bonchev–Trinajstić information content (AvgIpc) is 3.09. The highest BCUT2D eigenvalue weighted by Crippen LogP contribution is 2.28. The third-order valence-electron chi connectivity index (χ3n) is 3.92. The zero-order valence-electron chi connectivity index (χ0n) is 15.0. The molecule has 2 aromatic carbocycles. The zero-order chi connectivity index (χ0) is 19.1. The van der Waals surface area contributed by atoms with E-state index >= 15 is 0 Å². The van der Waals surface area contributed by atoms with Crippen LogP contribution in [-0.2, 0) is 16.0 Å². The smallest absolute Gasteiger partial charge is 0.350 e. The van der Waals surface area contributed by atoms with Crippen LogP contribution in [-0.4, -0.2) is 30.0 Å². The number of rotatable bonds is 7. The second-order valence-corrected chi connectivity index (χ2v) is 6.96. The van der Waals surface area contributed by atoms with Gasteiger partial charge < -0.3 is 10.1 Å². The van der Waals surface area contributed by atoms with Gasteiger partial charge in [0.25, 0.3) is 5.91 Å². The predicted octanol–water partition coefficient (Wildman–Crippen LogP) is 3.63. The molecule has 3 aromatic rings. The maximum atomic E-state index is 12.3. The van der Waals surface area contributed by atoms with Gasteiger partial charge in [0.15, 0.2) is 6.61 Å². The van der Waals surface area contributed by atoms with E-state index in [4.69, 9.17) is 4.74 Å². The summed E-state index contributed by atoms with van der Waals surface area (Å²) in [6, 6.07) is 19.5. The maximum Gasteiger partial charge on any atom is 0.350 e. The Kier molecular flexibility index (Phi) is 6.33. The topological polar surface area (TPSA) is 68.3 Å². The monoisotopic (exact) mass is 380 g/mol. The number of amides is 1. The lowest BCUT2D eigenvalue weighted by Gasteiger charge is -2.06. The second kappa shape index (κ2) is 9.09. The predicted molar refractivity (Wildman–Crippen MR) is 106 cm³/mol. The molecule has 0 aliphatic carbocycles. The van der Waals surface area contributed by atoms with Crippen molar-refractivity contribution in [2.45, 2.75) is 13.3 Å². The third-order valence-corrected chi connectivity index (χ3v) is 5.10. The molecule has 5 nitrogen and oxygen atoms in total. The second-order valence-electron chi connectivity index (χ2n) is 5.96. The van der Waals surface area contributed by atoms with Gasteiger partial charge in [-0.15, -0.1) is 11.3 Å². The van der Waals surface area contributed by atoms with E-state index in [0.29, 0.717) is 17.1 Å². The Morgan fingerprint density at radius 3 is 2.41 bits per heavy atom.